The van der Waals surface area contributed by atoms with Gasteiger partial charge in [0.15, 0.2) is 0 Å². The van der Waals surface area contributed by atoms with Gasteiger partial charge in [-0.2, -0.15) is 13.2 Å². The van der Waals surface area contributed by atoms with E-state index in [9.17, 15) is 18.0 Å². The van der Waals surface area contributed by atoms with Crippen LogP contribution in [-0.2, 0) is 13.6 Å². The Morgan fingerprint density at radius 2 is 1.78 bits per heavy atom. The Labute approximate surface area is 253 Å². The molecule has 1 saturated heterocycles. The third-order valence-corrected chi connectivity index (χ3v) is 8.19. The molecule has 1 amide bonds. The highest BCUT2D eigenvalue weighted by Crippen LogP contribution is 2.39. The molecule has 1 atom stereocenters. The summed E-state index contributed by atoms with van der Waals surface area (Å²) in [5.41, 5.74) is 3.19. The highest BCUT2D eigenvalue weighted by Gasteiger charge is 2.42. The van der Waals surface area contributed by atoms with Crippen molar-refractivity contribution in [1.82, 2.24) is 19.9 Å². The summed E-state index contributed by atoms with van der Waals surface area (Å²) >= 11 is 25.1. The Morgan fingerprint density at radius 3 is 2.49 bits per heavy atom. The zero-order chi connectivity index (χ0) is 29.5. The maximum Gasteiger partial charge on any atom is 0.393 e. The van der Waals surface area contributed by atoms with Crippen LogP contribution in [0.25, 0.3) is 11.0 Å². The lowest BCUT2D eigenvalue weighted by Gasteiger charge is -2.35. The summed E-state index contributed by atoms with van der Waals surface area (Å²) in [5.74, 6) is -1.41. The summed E-state index contributed by atoms with van der Waals surface area (Å²) in [6, 6.07) is 8.62. The van der Waals surface area contributed by atoms with E-state index in [1.54, 1.807) is 46.8 Å². The van der Waals surface area contributed by atoms with Gasteiger partial charge in [-0.3, -0.25) is 9.78 Å². The van der Waals surface area contributed by atoms with Gasteiger partial charge in [0.1, 0.15) is 0 Å². The molecule has 14 heteroatoms. The summed E-state index contributed by atoms with van der Waals surface area (Å²) in [6.07, 6.45) is -1.05. The molecular weight excluding hydrogens is 623 g/mol. The molecule has 41 heavy (non-hydrogen) atoms. The number of rotatable bonds is 6. The number of piperidine rings is 1. The van der Waals surface area contributed by atoms with Crippen molar-refractivity contribution in [3.8, 4) is 0 Å². The first-order chi connectivity index (χ1) is 19.4. The van der Waals surface area contributed by atoms with Gasteiger partial charge >= 0.3 is 6.18 Å². The smallest absolute Gasteiger partial charge is 0.370 e. The van der Waals surface area contributed by atoms with Gasteiger partial charge in [-0.25, -0.2) is 4.98 Å². The van der Waals surface area contributed by atoms with Gasteiger partial charge in [-0.05, 0) is 42.7 Å². The molecule has 2 aromatic heterocycles. The number of amides is 1. The van der Waals surface area contributed by atoms with Crippen LogP contribution in [0.5, 0.6) is 0 Å². The van der Waals surface area contributed by atoms with E-state index in [4.69, 9.17) is 46.4 Å². The Hall–Kier alpha value is -2.92. The van der Waals surface area contributed by atoms with Crippen LogP contribution in [0.2, 0.25) is 20.1 Å². The number of imidazole rings is 1. The Bertz CT molecular complexity index is 1610. The van der Waals surface area contributed by atoms with Crippen molar-refractivity contribution in [1.29, 1.82) is 0 Å². The van der Waals surface area contributed by atoms with Crippen molar-refractivity contribution in [3.05, 3.63) is 73.9 Å². The molecule has 1 unspecified atom stereocenters. The quantitative estimate of drug-likeness (QED) is 0.222. The third-order valence-electron chi connectivity index (χ3n) is 6.99. The SMILES string of the molecule is Cn1c(Nc2cc(CNC(=O)c3c(Cl)cncc3Cl)ccc2Cl)nc2cc(Cl)c(N3CCCC(C(F)(F)F)C3)cc21. The summed E-state index contributed by atoms with van der Waals surface area (Å²) in [6.45, 7) is 0.505. The molecule has 7 nitrogen and oxygen atoms in total. The molecule has 0 aliphatic carbocycles. The predicted octanol–water partition coefficient (Wildman–Crippen LogP) is 8.03. The molecule has 0 saturated carbocycles. The lowest BCUT2D eigenvalue weighted by molar-refractivity contribution is -0.175. The molecule has 3 heterocycles. The van der Waals surface area contributed by atoms with E-state index in [0.29, 0.717) is 51.4 Å². The zero-order valence-electron chi connectivity index (χ0n) is 21.5. The monoisotopic (exact) mass is 644 g/mol. The first-order valence-electron chi connectivity index (χ1n) is 12.5. The lowest BCUT2D eigenvalue weighted by atomic mass is 9.97. The Kier molecular flexibility index (Phi) is 8.48. The number of hydrogen-bond donors (Lipinski definition) is 2. The fourth-order valence-electron chi connectivity index (χ4n) is 4.82. The average Bonchev–Trinajstić information content (AvgIpc) is 3.21. The largest absolute Gasteiger partial charge is 0.393 e. The fraction of sp³-hybridized carbons (Fsp3) is 0.296. The molecule has 0 bridgehead atoms. The minimum atomic E-state index is -4.26. The first-order valence-corrected chi connectivity index (χ1v) is 14.0. The highest BCUT2D eigenvalue weighted by atomic mass is 35.5. The number of aryl methyl sites for hydroxylation is 1. The standard InChI is InChI=1S/C27H23Cl4F3N6O/c1-39-23-9-22(40-6-2-3-15(13-40)27(32,33)34)17(29)8-21(23)38-26(39)37-20-7-14(4-5-16(20)28)10-36-25(41)24-18(30)11-35-12-19(24)31/h4-5,7-9,11-12,15H,2-3,6,10,13H2,1H3,(H,36,41)(H,37,38). The van der Waals surface area contributed by atoms with E-state index in [0.717, 1.165) is 5.56 Å². The number of aromatic nitrogens is 3. The maximum atomic E-state index is 13.4. The number of nitrogens with one attached hydrogen (secondary N) is 2. The van der Waals surface area contributed by atoms with Gasteiger partial charge in [-0.1, -0.05) is 52.5 Å². The number of anilines is 3. The number of fused-ring (bicyclic) bond motifs is 1. The van der Waals surface area contributed by atoms with Crippen LogP contribution in [0, 0.1) is 5.92 Å². The lowest BCUT2D eigenvalue weighted by Crippen LogP contribution is -2.41. The van der Waals surface area contributed by atoms with Crippen LogP contribution in [0.15, 0.2) is 42.7 Å². The molecule has 2 N–H and O–H groups in total. The van der Waals surface area contributed by atoms with Gasteiger partial charge in [0.25, 0.3) is 5.91 Å². The minimum Gasteiger partial charge on any atom is -0.370 e. The predicted molar refractivity (Wildman–Crippen MR) is 157 cm³/mol. The number of nitrogens with zero attached hydrogens (tertiary/aromatic N) is 4. The first kappa shape index (κ1) is 29.6. The summed E-state index contributed by atoms with van der Waals surface area (Å²) in [7, 11) is 1.78. The molecule has 216 valence electrons. The molecule has 0 radical (unpaired) electrons. The highest BCUT2D eigenvalue weighted by molar-refractivity contribution is 6.39. The Morgan fingerprint density at radius 1 is 1.05 bits per heavy atom. The number of alkyl halides is 3. The van der Waals surface area contributed by atoms with Crippen molar-refractivity contribution in [2.75, 3.05) is 23.3 Å². The van der Waals surface area contributed by atoms with Gasteiger partial charge in [0, 0.05) is 39.1 Å². The molecule has 1 aliphatic heterocycles. The number of halogens is 7. The van der Waals surface area contributed by atoms with E-state index in [2.05, 4.69) is 20.6 Å². The number of carbonyl (C=O) groups is 1. The Balaban J connectivity index is 1.36. The second-order valence-electron chi connectivity index (χ2n) is 9.71. The van der Waals surface area contributed by atoms with Crippen molar-refractivity contribution in [3.63, 3.8) is 0 Å². The molecule has 4 aromatic rings. The number of carbonyl (C=O) groups excluding carboxylic acids is 1. The van der Waals surface area contributed by atoms with Gasteiger partial charge in [0.2, 0.25) is 5.95 Å². The normalized spacial score (nSPS) is 15.8. The minimum absolute atomic E-state index is 0.106. The summed E-state index contributed by atoms with van der Waals surface area (Å²) in [5, 5.41) is 7.00. The number of hydrogen-bond acceptors (Lipinski definition) is 5. The maximum absolute atomic E-state index is 13.4. The van der Waals surface area contributed by atoms with Crippen molar-refractivity contribution in [2.24, 2.45) is 13.0 Å². The summed E-state index contributed by atoms with van der Waals surface area (Å²) in [4.78, 5) is 22.8. The zero-order valence-corrected chi connectivity index (χ0v) is 24.5. The second-order valence-corrected chi connectivity index (χ2v) is 11.3. The van der Waals surface area contributed by atoms with Crippen LogP contribution in [0.4, 0.5) is 30.5 Å². The average molecular weight is 646 g/mol. The summed E-state index contributed by atoms with van der Waals surface area (Å²) < 4.78 is 41.9. The molecule has 1 fully saturated rings. The van der Waals surface area contributed by atoms with Crippen LogP contribution in [0.3, 0.4) is 0 Å². The molecule has 2 aromatic carbocycles. The van der Waals surface area contributed by atoms with Gasteiger partial charge in [-0.15, -0.1) is 0 Å². The van der Waals surface area contributed by atoms with E-state index in [1.165, 1.54) is 12.4 Å². The van der Waals surface area contributed by atoms with Crippen molar-refractivity contribution >= 4 is 80.7 Å². The topological polar surface area (TPSA) is 75.1 Å². The van der Waals surface area contributed by atoms with E-state index in [1.807, 2.05) is 0 Å². The van der Waals surface area contributed by atoms with E-state index >= 15 is 0 Å². The van der Waals surface area contributed by atoms with Crippen LogP contribution < -0.4 is 15.5 Å². The molecular formula is C27H23Cl4F3N6O. The van der Waals surface area contributed by atoms with E-state index in [-0.39, 0.29) is 35.1 Å². The van der Waals surface area contributed by atoms with Gasteiger partial charge < -0.3 is 20.1 Å². The molecule has 5 rings (SSSR count). The van der Waals surface area contributed by atoms with Crippen LogP contribution >= 0.6 is 46.4 Å². The molecule has 1 aliphatic rings. The van der Waals surface area contributed by atoms with Crippen LogP contribution in [0.1, 0.15) is 28.8 Å². The van der Waals surface area contributed by atoms with Crippen molar-refractivity contribution in [2.45, 2.75) is 25.6 Å². The van der Waals surface area contributed by atoms with E-state index < -0.39 is 18.0 Å². The van der Waals surface area contributed by atoms with Crippen molar-refractivity contribution < 1.29 is 18.0 Å². The molecule has 0 spiro atoms. The third kappa shape index (κ3) is 6.30. The fourth-order valence-corrected chi connectivity index (χ4v) is 5.80. The van der Waals surface area contributed by atoms with Crippen LogP contribution in [-0.4, -0.2) is 39.7 Å². The second kappa shape index (κ2) is 11.8. The number of benzene rings is 2. The number of pyridine rings is 1. The van der Waals surface area contributed by atoms with Gasteiger partial charge in [0.05, 0.1) is 54.0 Å².